The molecule has 21 heavy (non-hydrogen) atoms. The quantitative estimate of drug-likeness (QED) is 0.698. The van der Waals surface area contributed by atoms with Crippen LogP contribution in [0.15, 0.2) is 42.7 Å². The van der Waals surface area contributed by atoms with E-state index in [9.17, 15) is 9.59 Å². The Morgan fingerprint density at radius 3 is 2.71 bits per heavy atom. The summed E-state index contributed by atoms with van der Waals surface area (Å²) < 4.78 is 5.26. The minimum absolute atomic E-state index is 0.0894. The van der Waals surface area contributed by atoms with Crippen LogP contribution in [0.25, 0.3) is 0 Å². The molecule has 0 bridgehead atoms. The van der Waals surface area contributed by atoms with Crippen molar-refractivity contribution in [1.82, 2.24) is 15.5 Å². The Morgan fingerprint density at radius 2 is 2.00 bits per heavy atom. The topological polar surface area (TPSA) is 96.1 Å². The predicted octanol–water partition coefficient (Wildman–Crippen LogP) is 0.681. The van der Waals surface area contributed by atoms with Crippen molar-refractivity contribution in [1.29, 1.82) is 0 Å². The molecule has 0 fully saturated rings. The standard InChI is InChI=1S/C14H16N4O3/c19-13(18-12-6-16-17-7-12)8-15-14(20)10-21-9-11-4-2-1-3-5-11/h1-7H,8-10H2,(H,15,20)(H,16,17)(H,18,19). The van der Waals surface area contributed by atoms with E-state index in [1.165, 1.54) is 6.20 Å². The summed E-state index contributed by atoms with van der Waals surface area (Å²) in [6.07, 6.45) is 3.02. The molecule has 0 saturated heterocycles. The van der Waals surface area contributed by atoms with Crippen LogP contribution in [0.2, 0.25) is 0 Å². The van der Waals surface area contributed by atoms with E-state index < -0.39 is 0 Å². The number of benzene rings is 1. The number of nitrogens with zero attached hydrogens (tertiary/aromatic N) is 1. The lowest BCUT2D eigenvalue weighted by Crippen LogP contribution is -2.35. The molecule has 0 spiro atoms. The summed E-state index contributed by atoms with van der Waals surface area (Å²) in [6.45, 7) is 0.155. The second kappa shape index (κ2) is 7.81. The van der Waals surface area contributed by atoms with Crippen molar-refractivity contribution in [3.63, 3.8) is 0 Å². The molecule has 2 rings (SSSR count). The SMILES string of the molecule is O=C(COCc1ccccc1)NCC(=O)Nc1cn[nH]c1. The third-order valence-electron chi connectivity index (χ3n) is 2.57. The van der Waals surface area contributed by atoms with Crippen molar-refractivity contribution in [3.8, 4) is 0 Å². The molecule has 110 valence electrons. The molecular formula is C14H16N4O3. The summed E-state index contributed by atoms with van der Waals surface area (Å²) in [5, 5.41) is 11.3. The van der Waals surface area contributed by atoms with E-state index >= 15 is 0 Å². The van der Waals surface area contributed by atoms with Crippen LogP contribution in [0.4, 0.5) is 5.69 Å². The van der Waals surface area contributed by atoms with Gasteiger partial charge in [-0.2, -0.15) is 5.10 Å². The Hall–Kier alpha value is -2.67. The van der Waals surface area contributed by atoms with Gasteiger partial charge in [0.2, 0.25) is 11.8 Å². The maximum Gasteiger partial charge on any atom is 0.246 e. The van der Waals surface area contributed by atoms with E-state index in [0.29, 0.717) is 12.3 Å². The lowest BCUT2D eigenvalue weighted by Gasteiger charge is -2.06. The summed E-state index contributed by atoms with van der Waals surface area (Å²) >= 11 is 0. The molecule has 0 aliphatic carbocycles. The molecule has 7 heteroatoms. The van der Waals surface area contributed by atoms with Crippen LogP contribution in [-0.4, -0.2) is 35.2 Å². The van der Waals surface area contributed by atoms with Gasteiger partial charge in [0, 0.05) is 6.20 Å². The first-order valence-electron chi connectivity index (χ1n) is 6.41. The lowest BCUT2D eigenvalue weighted by atomic mass is 10.2. The highest BCUT2D eigenvalue weighted by molar-refractivity contribution is 5.94. The highest BCUT2D eigenvalue weighted by Gasteiger charge is 2.06. The zero-order chi connectivity index (χ0) is 14.9. The van der Waals surface area contributed by atoms with Gasteiger partial charge in [0.25, 0.3) is 0 Å². The molecule has 0 unspecified atom stereocenters. The van der Waals surface area contributed by atoms with Gasteiger partial charge in [-0.25, -0.2) is 0 Å². The van der Waals surface area contributed by atoms with Crippen molar-refractivity contribution in [2.45, 2.75) is 6.61 Å². The number of nitrogens with one attached hydrogen (secondary N) is 3. The van der Waals surface area contributed by atoms with Crippen molar-refractivity contribution >= 4 is 17.5 Å². The first-order valence-corrected chi connectivity index (χ1v) is 6.41. The van der Waals surface area contributed by atoms with Crippen LogP contribution < -0.4 is 10.6 Å². The van der Waals surface area contributed by atoms with Crippen LogP contribution in [-0.2, 0) is 20.9 Å². The number of rotatable bonds is 7. The van der Waals surface area contributed by atoms with E-state index in [-0.39, 0.29) is 25.0 Å². The van der Waals surface area contributed by atoms with Crippen LogP contribution in [0, 0.1) is 0 Å². The summed E-state index contributed by atoms with van der Waals surface area (Å²) in [4.78, 5) is 23.0. The van der Waals surface area contributed by atoms with Gasteiger partial charge in [0.15, 0.2) is 0 Å². The van der Waals surface area contributed by atoms with E-state index in [1.807, 2.05) is 30.3 Å². The van der Waals surface area contributed by atoms with E-state index in [2.05, 4.69) is 20.8 Å². The summed E-state index contributed by atoms with van der Waals surface area (Å²) in [5.74, 6) is -0.666. The monoisotopic (exact) mass is 288 g/mol. The van der Waals surface area contributed by atoms with Crippen LogP contribution in [0.5, 0.6) is 0 Å². The molecule has 0 aliphatic rings. The fourth-order valence-corrected chi connectivity index (χ4v) is 1.59. The van der Waals surface area contributed by atoms with E-state index in [0.717, 1.165) is 5.56 Å². The Balaban J connectivity index is 1.60. The van der Waals surface area contributed by atoms with Gasteiger partial charge < -0.3 is 15.4 Å². The van der Waals surface area contributed by atoms with Crippen LogP contribution >= 0.6 is 0 Å². The number of aromatic amines is 1. The molecule has 1 heterocycles. The van der Waals surface area contributed by atoms with Gasteiger partial charge in [-0.3, -0.25) is 14.7 Å². The molecule has 1 aromatic carbocycles. The zero-order valence-electron chi connectivity index (χ0n) is 11.3. The first-order chi connectivity index (χ1) is 10.2. The number of carbonyl (C=O) groups is 2. The number of hydrogen-bond acceptors (Lipinski definition) is 4. The average molecular weight is 288 g/mol. The second-order valence-corrected chi connectivity index (χ2v) is 4.29. The maximum absolute atomic E-state index is 11.5. The molecule has 2 amide bonds. The summed E-state index contributed by atoms with van der Waals surface area (Å²) in [6, 6.07) is 9.54. The smallest absolute Gasteiger partial charge is 0.246 e. The normalized spacial score (nSPS) is 10.1. The molecule has 3 N–H and O–H groups in total. The molecule has 0 aliphatic heterocycles. The van der Waals surface area contributed by atoms with Gasteiger partial charge in [-0.1, -0.05) is 30.3 Å². The average Bonchev–Trinajstić information content (AvgIpc) is 2.99. The molecule has 0 saturated carbocycles. The number of carbonyl (C=O) groups excluding carboxylic acids is 2. The van der Waals surface area contributed by atoms with Crippen molar-refractivity contribution in [2.24, 2.45) is 0 Å². The fraction of sp³-hybridized carbons (Fsp3) is 0.214. The first kappa shape index (κ1) is 14.7. The lowest BCUT2D eigenvalue weighted by molar-refractivity contribution is -0.128. The number of hydrogen-bond donors (Lipinski definition) is 3. The van der Waals surface area contributed by atoms with Gasteiger partial charge in [0.05, 0.1) is 25.0 Å². The Kier molecular flexibility index (Phi) is 5.48. The maximum atomic E-state index is 11.5. The third kappa shape index (κ3) is 5.45. The third-order valence-corrected chi connectivity index (χ3v) is 2.57. The Labute approximate surface area is 121 Å². The summed E-state index contributed by atoms with van der Waals surface area (Å²) in [5.41, 5.74) is 1.54. The minimum Gasteiger partial charge on any atom is -0.367 e. The molecule has 1 aromatic heterocycles. The number of H-pyrrole nitrogens is 1. The highest BCUT2D eigenvalue weighted by Crippen LogP contribution is 2.00. The largest absolute Gasteiger partial charge is 0.367 e. The van der Waals surface area contributed by atoms with Crippen LogP contribution in [0.1, 0.15) is 5.56 Å². The number of anilines is 1. The van der Waals surface area contributed by atoms with Gasteiger partial charge in [-0.15, -0.1) is 0 Å². The predicted molar refractivity (Wildman–Crippen MR) is 76.3 cm³/mol. The highest BCUT2D eigenvalue weighted by atomic mass is 16.5. The fourth-order valence-electron chi connectivity index (χ4n) is 1.59. The van der Waals surface area contributed by atoms with Gasteiger partial charge in [0.1, 0.15) is 6.61 Å². The number of amides is 2. The number of aromatic nitrogens is 2. The molecule has 2 aromatic rings. The molecule has 0 radical (unpaired) electrons. The molecular weight excluding hydrogens is 272 g/mol. The zero-order valence-corrected chi connectivity index (χ0v) is 11.3. The van der Waals surface area contributed by atoms with E-state index in [4.69, 9.17) is 4.74 Å². The van der Waals surface area contributed by atoms with Crippen molar-refractivity contribution < 1.29 is 14.3 Å². The van der Waals surface area contributed by atoms with Crippen molar-refractivity contribution in [2.75, 3.05) is 18.5 Å². The number of ether oxygens (including phenoxy) is 1. The minimum atomic E-state index is -0.340. The van der Waals surface area contributed by atoms with Gasteiger partial charge in [-0.05, 0) is 5.56 Å². The molecule has 7 nitrogen and oxygen atoms in total. The van der Waals surface area contributed by atoms with Gasteiger partial charge >= 0.3 is 0 Å². The summed E-state index contributed by atoms with van der Waals surface area (Å²) in [7, 11) is 0. The molecule has 0 atom stereocenters. The Bertz CT molecular complexity index is 569. The second-order valence-electron chi connectivity index (χ2n) is 4.29. The van der Waals surface area contributed by atoms with E-state index in [1.54, 1.807) is 6.20 Å². The Morgan fingerprint density at radius 1 is 1.19 bits per heavy atom. The van der Waals surface area contributed by atoms with Crippen molar-refractivity contribution in [3.05, 3.63) is 48.3 Å². The van der Waals surface area contributed by atoms with Crippen LogP contribution in [0.3, 0.4) is 0 Å².